The minimum absolute atomic E-state index is 0.0188. The summed E-state index contributed by atoms with van der Waals surface area (Å²) in [5, 5.41) is 11.8. The predicted molar refractivity (Wildman–Crippen MR) is 135 cm³/mol. The molecule has 9 heteroatoms. The van der Waals surface area contributed by atoms with Gasteiger partial charge in [-0.2, -0.15) is 0 Å². The van der Waals surface area contributed by atoms with Crippen LogP contribution in [0, 0.1) is 5.82 Å². The maximum atomic E-state index is 13.6. The van der Waals surface area contributed by atoms with E-state index in [1.807, 2.05) is 0 Å². The number of hydrogen-bond acceptors (Lipinski definition) is 5. The Bertz CT molecular complexity index is 1680. The largest absolute Gasteiger partial charge is 0.505 e. The van der Waals surface area contributed by atoms with Crippen LogP contribution in [0.5, 0.6) is 5.75 Å². The minimum Gasteiger partial charge on any atom is -0.505 e. The van der Waals surface area contributed by atoms with E-state index in [0.717, 1.165) is 16.2 Å². The molecule has 34 heavy (non-hydrogen) atoms. The lowest BCUT2D eigenvalue weighted by molar-refractivity contribution is 0.446. The van der Waals surface area contributed by atoms with E-state index < -0.39 is 22.8 Å². The molecule has 0 saturated carbocycles. The van der Waals surface area contributed by atoms with Gasteiger partial charge in [-0.3, -0.25) is 4.79 Å². The van der Waals surface area contributed by atoms with Crippen LogP contribution in [-0.4, -0.2) is 9.67 Å². The molecule has 3 aromatic carbocycles. The van der Waals surface area contributed by atoms with E-state index in [1.54, 1.807) is 54.6 Å². The summed E-state index contributed by atoms with van der Waals surface area (Å²) >= 11 is 10.6. The zero-order valence-electron chi connectivity index (χ0n) is 17.2. The van der Waals surface area contributed by atoms with Crippen molar-refractivity contribution in [1.29, 1.82) is 0 Å². The van der Waals surface area contributed by atoms with Gasteiger partial charge in [-0.15, -0.1) is 0 Å². The third kappa shape index (κ3) is 4.13. The second-order valence-corrected chi connectivity index (χ2v) is 9.94. The van der Waals surface area contributed by atoms with Crippen LogP contribution in [0.1, 0.15) is 5.56 Å². The van der Waals surface area contributed by atoms with Crippen LogP contribution >= 0.6 is 39.3 Å². The van der Waals surface area contributed by atoms with Crippen molar-refractivity contribution in [2.75, 3.05) is 0 Å². The van der Waals surface area contributed by atoms with Crippen molar-refractivity contribution in [3.8, 4) is 5.75 Å². The first kappa shape index (κ1) is 22.7. The number of aromatic nitrogens is 1. The lowest BCUT2D eigenvalue weighted by atomic mass is 10.1. The first-order valence-corrected chi connectivity index (χ1v) is 12.0. The van der Waals surface area contributed by atoms with E-state index in [2.05, 4.69) is 15.9 Å². The van der Waals surface area contributed by atoms with Gasteiger partial charge in [0.2, 0.25) is 0 Å². The Morgan fingerprint density at radius 2 is 1.74 bits per heavy atom. The number of hydrogen-bond donors (Lipinski definition) is 1. The second-order valence-electron chi connectivity index (χ2n) is 7.51. The van der Waals surface area contributed by atoms with Gasteiger partial charge in [0, 0.05) is 19.8 Å². The van der Waals surface area contributed by atoms with Gasteiger partial charge in [0.25, 0.3) is 5.56 Å². The van der Waals surface area contributed by atoms with Crippen molar-refractivity contribution >= 4 is 61.2 Å². The summed E-state index contributed by atoms with van der Waals surface area (Å²) in [6.45, 7) is 0.0969. The molecule has 5 aromatic rings. The van der Waals surface area contributed by atoms with E-state index in [-0.39, 0.29) is 22.4 Å². The molecule has 0 radical (unpaired) electrons. The molecule has 2 aromatic heterocycles. The number of fused-ring (bicyclic) bond motifs is 3. The van der Waals surface area contributed by atoms with Gasteiger partial charge in [-0.1, -0.05) is 51.4 Å². The van der Waals surface area contributed by atoms with Crippen molar-refractivity contribution in [1.82, 2.24) is 4.57 Å². The number of aromatic hydroxyl groups is 1. The average molecular weight is 559 g/mol. The zero-order chi connectivity index (χ0) is 24.0. The van der Waals surface area contributed by atoms with Gasteiger partial charge >= 0.3 is 5.63 Å². The van der Waals surface area contributed by atoms with E-state index in [1.165, 1.54) is 16.7 Å². The van der Waals surface area contributed by atoms with Crippen molar-refractivity contribution < 1.29 is 13.9 Å². The first-order chi connectivity index (χ1) is 16.3. The van der Waals surface area contributed by atoms with E-state index >= 15 is 0 Å². The molecule has 170 valence electrons. The summed E-state index contributed by atoms with van der Waals surface area (Å²) < 4.78 is 21.2. The van der Waals surface area contributed by atoms with Crippen molar-refractivity contribution in [2.45, 2.75) is 16.3 Å². The van der Waals surface area contributed by atoms with Gasteiger partial charge in [-0.05, 0) is 60.2 Å². The third-order valence-electron chi connectivity index (χ3n) is 5.30. The highest BCUT2D eigenvalue weighted by atomic mass is 79.9. The molecule has 0 atom stereocenters. The molecule has 0 aliphatic rings. The summed E-state index contributed by atoms with van der Waals surface area (Å²) in [7, 11) is 0. The molecule has 5 rings (SSSR count). The highest BCUT2D eigenvalue weighted by molar-refractivity contribution is 9.10. The van der Waals surface area contributed by atoms with E-state index in [0.29, 0.717) is 26.4 Å². The Balaban J connectivity index is 1.78. The van der Waals surface area contributed by atoms with Crippen molar-refractivity contribution in [3.05, 3.63) is 108 Å². The van der Waals surface area contributed by atoms with Crippen LogP contribution < -0.4 is 11.2 Å². The molecule has 2 heterocycles. The van der Waals surface area contributed by atoms with E-state index in [9.17, 15) is 19.1 Å². The molecule has 0 aliphatic carbocycles. The molecule has 0 fully saturated rings. The Morgan fingerprint density at radius 3 is 2.44 bits per heavy atom. The molecule has 1 N–H and O–H groups in total. The van der Waals surface area contributed by atoms with Gasteiger partial charge in [-0.25, -0.2) is 9.18 Å². The zero-order valence-corrected chi connectivity index (χ0v) is 20.4. The van der Waals surface area contributed by atoms with Gasteiger partial charge in [0.15, 0.2) is 11.3 Å². The fraction of sp³-hybridized carbons (Fsp3) is 0.0400. The van der Waals surface area contributed by atoms with Gasteiger partial charge in [0.1, 0.15) is 16.1 Å². The first-order valence-electron chi connectivity index (χ1n) is 10.0. The molecular formula is C25H14BrClFNO4S. The van der Waals surface area contributed by atoms with Crippen LogP contribution in [0.25, 0.3) is 21.9 Å². The van der Waals surface area contributed by atoms with Crippen LogP contribution in [0.3, 0.4) is 0 Å². The third-order valence-corrected chi connectivity index (χ3v) is 7.14. The smallest absolute Gasteiger partial charge is 0.354 e. The lowest BCUT2D eigenvalue weighted by Crippen LogP contribution is -2.23. The topological polar surface area (TPSA) is 72.4 Å². The fourth-order valence-corrected chi connectivity index (χ4v) is 4.96. The standard InChI is InChI=1S/C25H14BrClFNO4S/c26-14-3-8-17(9-4-14)34-23-21(30)20-22(33-25(23)32)18-10-5-15(27)11-19(18)29(24(20)31)12-13-1-6-16(28)7-2-13/h1-11,30H,12H2. The quantitative estimate of drug-likeness (QED) is 0.253. The lowest BCUT2D eigenvalue weighted by Gasteiger charge is -2.14. The van der Waals surface area contributed by atoms with Crippen LogP contribution in [0.4, 0.5) is 4.39 Å². The molecule has 0 saturated heterocycles. The number of nitrogens with zero attached hydrogens (tertiary/aromatic N) is 1. The monoisotopic (exact) mass is 557 g/mol. The minimum atomic E-state index is -0.759. The van der Waals surface area contributed by atoms with Gasteiger partial charge < -0.3 is 14.1 Å². The highest BCUT2D eigenvalue weighted by Crippen LogP contribution is 2.37. The molecule has 5 nitrogen and oxygen atoms in total. The van der Waals surface area contributed by atoms with Gasteiger partial charge in [0.05, 0.1) is 12.1 Å². The molecular weight excluding hydrogens is 545 g/mol. The second kappa shape index (κ2) is 8.94. The Kier molecular flexibility index (Phi) is 5.97. The van der Waals surface area contributed by atoms with Crippen molar-refractivity contribution in [3.63, 3.8) is 0 Å². The predicted octanol–water partition coefficient (Wildman–Crippen LogP) is 6.57. The number of pyridine rings is 1. The summed E-state index contributed by atoms with van der Waals surface area (Å²) in [6.07, 6.45) is 0. The van der Waals surface area contributed by atoms with Crippen LogP contribution in [0.15, 0.2) is 95.0 Å². The summed E-state index contributed by atoms with van der Waals surface area (Å²) in [4.78, 5) is 27.0. The van der Waals surface area contributed by atoms with E-state index in [4.69, 9.17) is 16.0 Å². The molecule has 0 unspecified atom stereocenters. The average Bonchev–Trinajstić information content (AvgIpc) is 2.81. The van der Waals surface area contributed by atoms with Crippen LogP contribution in [0.2, 0.25) is 5.02 Å². The Morgan fingerprint density at radius 1 is 1.03 bits per heavy atom. The number of halogens is 3. The summed E-state index contributed by atoms with van der Waals surface area (Å²) in [5.74, 6) is -0.842. The Labute approximate surface area is 209 Å². The normalized spacial score (nSPS) is 11.4. The molecule has 0 amide bonds. The fourth-order valence-electron chi connectivity index (χ4n) is 3.70. The number of rotatable bonds is 4. The number of benzene rings is 3. The SMILES string of the molecule is O=c1oc2c(c(O)c1Sc1ccc(Br)cc1)c(=O)n(Cc1ccc(F)cc1)c1cc(Cl)ccc21. The van der Waals surface area contributed by atoms with Crippen LogP contribution in [-0.2, 0) is 6.54 Å². The Hall–Kier alpha value is -3.07. The highest BCUT2D eigenvalue weighted by Gasteiger charge is 2.22. The molecule has 0 aliphatic heterocycles. The molecule has 0 bridgehead atoms. The van der Waals surface area contributed by atoms with Crippen molar-refractivity contribution in [2.24, 2.45) is 0 Å². The molecule has 0 spiro atoms. The summed E-state index contributed by atoms with van der Waals surface area (Å²) in [5.41, 5.74) is -0.247. The summed E-state index contributed by atoms with van der Waals surface area (Å²) in [6, 6.07) is 17.7. The maximum Gasteiger partial charge on any atom is 0.354 e. The maximum absolute atomic E-state index is 13.6.